The van der Waals surface area contributed by atoms with Gasteiger partial charge in [0.2, 0.25) is 0 Å². The number of carbonyl (C=O) groups excluding carboxylic acids is 2. The van der Waals surface area contributed by atoms with Gasteiger partial charge in [-0.1, -0.05) is 50.7 Å². The van der Waals surface area contributed by atoms with Gasteiger partial charge in [0, 0.05) is 24.7 Å². The van der Waals surface area contributed by atoms with E-state index in [0.717, 1.165) is 38.5 Å². The fourth-order valence-electron chi connectivity index (χ4n) is 3.22. The second kappa shape index (κ2) is 12.7. The molecule has 1 fully saturated rings. The van der Waals surface area contributed by atoms with Crippen molar-refractivity contribution >= 4 is 11.8 Å². The van der Waals surface area contributed by atoms with Gasteiger partial charge < -0.3 is 9.84 Å². The second-order valence-corrected chi connectivity index (χ2v) is 7.25. The molecule has 0 aromatic rings. The van der Waals surface area contributed by atoms with Crippen molar-refractivity contribution in [2.24, 2.45) is 17.8 Å². The van der Waals surface area contributed by atoms with Crippen molar-refractivity contribution in [2.45, 2.75) is 77.7 Å². The van der Waals surface area contributed by atoms with Crippen LogP contribution in [0.25, 0.3) is 0 Å². The van der Waals surface area contributed by atoms with E-state index < -0.39 is 6.10 Å². The number of methoxy groups -OCH3 is 1. The van der Waals surface area contributed by atoms with E-state index in [1.807, 2.05) is 19.1 Å². The molecule has 26 heavy (non-hydrogen) atoms. The third-order valence-electron chi connectivity index (χ3n) is 5.11. The Kier molecular flexibility index (Phi) is 11.0. The van der Waals surface area contributed by atoms with Crippen LogP contribution in [-0.2, 0) is 14.3 Å². The minimum absolute atomic E-state index is 0.0512. The zero-order chi connectivity index (χ0) is 19.4. The predicted molar refractivity (Wildman–Crippen MR) is 103 cm³/mol. The molecule has 0 unspecified atom stereocenters. The van der Waals surface area contributed by atoms with Crippen molar-refractivity contribution in [3.63, 3.8) is 0 Å². The molecule has 0 saturated heterocycles. The van der Waals surface area contributed by atoms with E-state index in [4.69, 9.17) is 0 Å². The van der Waals surface area contributed by atoms with Gasteiger partial charge in [0.25, 0.3) is 0 Å². The number of rotatable bonds is 10. The molecule has 1 aliphatic carbocycles. The number of hydrogen-bond donors (Lipinski definition) is 1. The van der Waals surface area contributed by atoms with Crippen LogP contribution in [-0.4, -0.2) is 30.1 Å². The molecule has 4 nitrogen and oxygen atoms in total. The molecule has 0 amide bonds. The maximum atomic E-state index is 12.1. The molecule has 0 bridgehead atoms. The largest absolute Gasteiger partial charge is 0.469 e. The van der Waals surface area contributed by atoms with E-state index in [-0.39, 0.29) is 29.5 Å². The van der Waals surface area contributed by atoms with Crippen molar-refractivity contribution in [1.29, 1.82) is 0 Å². The molecule has 1 N–H and O–H groups in total. The lowest BCUT2D eigenvalue weighted by Crippen LogP contribution is -2.17. The fourth-order valence-corrected chi connectivity index (χ4v) is 3.22. The van der Waals surface area contributed by atoms with Crippen molar-refractivity contribution in [3.05, 3.63) is 12.2 Å². The summed E-state index contributed by atoms with van der Waals surface area (Å²) in [4.78, 5) is 23.2. The lowest BCUT2D eigenvalue weighted by Gasteiger charge is -2.14. The smallest absolute Gasteiger partial charge is 0.305 e. The molecular weight excluding hydrogens is 328 g/mol. The van der Waals surface area contributed by atoms with E-state index in [1.165, 1.54) is 7.11 Å². The molecule has 0 aromatic heterocycles. The van der Waals surface area contributed by atoms with E-state index >= 15 is 0 Å². The Hall–Kier alpha value is -1.60. The van der Waals surface area contributed by atoms with Crippen molar-refractivity contribution < 1.29 is 19.4 Å². The molecule has 1 saturated carbocycles. The van der Waals surface area contributed by atoms with Gasteiger partial charge in [-0.15, -0.1) is 0 Å². The highest BCUT2D eigenvalue weighted by Gasteiger charge is 2.32. The summed E-state index contributed by atoms with van der Waals surface area (Å²) in [5.41, 5.74) is 0. The van der Waals surface area contributed by atoms with Crippen LogP contribution >= 0.6 is 0 Å². The molecule has 1 aliphatic rings. The van der Waals surface area contributed by atoms with Gasteiger partial charge in [-0.2, -0.15) is 0 Å². The van der Waals surface area contributed by atoms with Crippen LogP contribution in [0.5, 0.6) is 0 Å². The average Bonchev–Trinajstić information content (AvgIpc) is 2.99. The summed E-state index contributed by atoms with van der Waals surface area (Å²) in [6, 6.07) is 0. The summed E-state index contributed by atoms with van der Waals surface area (Å²) in [7, 11) is 1.40. The van der Waals surface area contributed by atoms with E-state index in [0.29, 0.717) is 19.3 Å². The monoisotopic (exact) mass is 362 g/mol. The van der Waals surface area contributed by atoms with Crippen molar-refractivity contribution in [3.8, 4) is 11.8 Å². The molecule has 0 aliphatic heterocycles. The quantitative estimate of drug-likeness (QED) is 0.275. The summed E-state index contributed by atoms with van der Waals surface area (Å²) in [5.74, 6) is 6.42. The Labute approximate surface area is 158 Å². The first-order chi connectivity index (χ1) is 12.5. The number of Topliss-reactive ketones (excluding diaryl/α,β-unsaturated/α-hetero) is 1. The minimum atomic E-state index is -0.605. The van der Waals surface area contributed by atoms with Crippen LogP contribution in [0, 0.1) is 29.6 Å². The average molecular weight is 363 g/mol. The zero-order valence-corrected chi connectivity index (χ0v) is 16.5. The Morgan fingerprint density at radius 3 is 2.85 bits per heavy atom. The first kappa shape index (κ1) is 22.4. The number of allylic oxidation sites excluding steroid dienone is 2. The summed E-state index contributed by atoms with van der Waals surface area (Å²) in [6.07, 6.45) is 10.7. The first-order valence-corrected chi connectivity index (χ1v) is 9.93. The lowest BCUT2D eigenvalue weighted by molar-refractivity contribution is -0.140. The van der Waals surface area contributed by atoms with Gasteiger partial charge in [-0.25, -0.2) is 0 Å². The Morgan fingerprint density at radius 1 is 1.38 bits per heavy atom. The topological polar surface area (TPSA) is 63.6 Å². The number of carbonyl (C=O) groups is 2. The molecule has 4 heteroatoms. The van der Waals surface area contributed by atoms with Gasteiger partial charge >= 0.3 is 5.97 Å². The Balaban J connectivity index is 2.45. The van der Waals surface area contributed by atoms with Crippen LogP contribution in [0.15, 0.2) is 12.2 Å². The molecule has 146 valence electrons. The third kappa shape index (κ3) is 8.19. The number of ether oxygens (including phenoxy) is 1. The van der Waals surface area contributed by atoms with Crippen LogP contribution < -0.4 is 0 Å². The number of hydrogen-bond acceptors (Lipinski definition) is 4. The number of esters is 1. The highest BCUT2D eigenvalue weighted by Crippen LogP contribution is 2.31. The normalized spacial score (nSPS) is 22.1. The molecule has 1 rings (SSSR count). The van der Waals surface area contributed by atoms with E-state index in [2.05, 4.69) is 23.5 Å². The minimum Gasteiger partial charge on any atom is -0.469 e. The maximum absolute atomic E-state index is 12.1. The Bertz CT molecular complexity index is 526. The van der Waals surface area contributed by atoms with E-state index in [9.17, 15) is 14.7 Å². The highest BCUT2D eigenvalue weighted by atomic mass is 16.5. The maximum Gasteiger partial charge on any atom is 0.305 e. The summed E-state index contributed by atoms with van der Waals surface area (Å²) in [5, 5.41) is 10.2. The summed E-state index contributed by atoms with van der Waals surface area (Å²) < 4.78 is 4.61. The van der Waals surface area contributed by atoms with Crippen LogP contribution in [0.2, 0.25) is 0 Å². The molecule has 0 radical (unpaired) electrons. The van der Waals surface area contributed by atoms with Gasteiger partial charge in [-0.3, -0.25) is 9.59 Å². The second-order valence-electron chi connectivity index (χ2n) is 7.25. The number of aliphatic hydroxyl groups is 1. The zero-order valence-electron chi connectivity index (χ0n) is 16.5. The highest BCUT2D eigenvalue weighted by molar-refractivity contribution is 5.84. The number of ketones is 1. The summed E-state index contributed by atoms with van der Waals surface area (Å²) in [6.45, 7) is 4.17. The van der Waals surface area contributed by atoms with E-state index in [1.54, 1.807) is 0 Å². The predicted octanol–water partition coefficient (Wildman–Crippen LogP) is 4.06. The SMILES string of the molecule is CCCC[C@H](C)[C@H](O)C#C[C@H]1CCC(=O)[C@@H]1C/C=C\CCCC(=O)OC. The van der Waals surface area contributed by atoms with Crippen LogP contribution in [0.4, 0.5) is 0 Å². The summed E-state index contributed by atoms with van der Waals surface area (Å²) >= 11 is 0. The third-order valence-corrected chi connectivity index (χ3v) is 5.11. The van der Waals surface area contributed by atoms with Gasteiger partial charge in [0.15, 0.2) is 0 Å². The van der Waals surface area contributed by atoms with Gasteiger partial charge in [-0.05, 0) is 38.0 Å². The van der Waals surface area contributed by atoms with Crippen molar-refractivity contribution in [2.75, 3.05) is 7.11 Å². The molecule has 0 aromatic carbocycles. The van der Waals surface area contributed by atoms with Crippen LogP contribution in [0.1, 0.15) is 71.6 Å². The standard InChI is InChI=1S/C22H34O4/c1-4-5-10-17(2)20(23)15-13-18-14-16-21(24)19(18)11-8-6-7-9-12-22(25)26-3/h6,8,17-20,23H,4-5,7,9-12,14,16H2,1-3H3/b8-6-/t17-,18-,19+,20+/m0/s1. The van der Waals surface area contributed by atoms with Crippen molar-refractivity contribution in [1.82, 2.24) is 0 Å². The molecule has 0 heterocycles. The number of unbranched alkanes of at least 4 members (excludes halogenated alkanes) is 2. The fraction of sp³-hybridized carbons (Fsp3) is 0.727. The molecule has 0 spiro atoms. The lowest BCUT2D eigenvalue weighted by atomic mass is 9.91. The van der Waals surface area contributed by atoms with Crippen LogP contribution in [0.3, 0.4) is 0 Å². The molecular formula is C22H34O4. The Morgan fingerprint density at radius 2 is 2.15 bits per heavy atom. The molecule has 4 atom stereocenters. The van der Waals surface area contributed by atoms with Gasteiger partial charge in [0.05, 0.1) is 7.11 Å². The number of aliphatic hydroxyl groups excluding tert-OH is 1. The van der Waals surface area contributed by atoms with Gasteiger partial charge in [0.1, 0.15) is 11.9 Å². The first-order valence-electron chi connectivity index (χ1n) is 9.93.